The van der Waals surface area contributed by atoms with Gasteiger partial charge in [-0.1, -0.05) is 281 Å². The highest BCUT2D eigenvalue weighted by molar-refractivity contribution is 7.45. The number of hydrogen-bond acceptors (Lipinski definition) is 6. The zero-order valence-corrected chi connectivity index (χ0v) is 49.5. The summed E-state index contributed by atoms with van der Waals surface area (Å²) in [6.07, 6.45) is 71.2. The van der Waals surface area contributed by atoms with E-state index in [1.54, 1.807) is 6.08 Å². The summed E-state index contributed by atoms with van der Waals surface area (Å²) in [5.41, 5.74) is 0. The summed E-state index contributed by atoms with van der Waals surface area (Å²) >= 11 is 0. The Morgan fingerprint density at radius 2 is 0.778 bits per heavy atom. The van der Waals surface area contributed by atoms with Crippen LogP contribution in [-0.2, 0) is 18.4 Å². The minimum Gasteiger partial charge on any atom is -0.756 e. The zero-order chi connectivity index (χ0) is 52.7. The Kier molecular flexibility index (Phi) is 53.5. The number of rotatable bonds is 58. The Balaban J connectivity index is 3.98. The predicted octanol–water partition coefficient (Wildman–Crippen LogP) is 18.7. The van der Waals surface area contributed by atoms with Gasteiger partial charge in [-0.3, -0.25) is 9.36 Å². The van der Waals surface area contributed by atoms with Crippen LogP contribution in [0.15, 0.2) is 36.5 Å². The normalized spacial score (nSPS) is 14.0. The number of phosphoric acid groups is 1. The van der Waals surface area contributed by atoms with E-state index in [9.17, 15) is 19.4 Å². The third kappa shape index (κ3) is 56.4. The third-order valence-electron chi connectivity index (χ3n) is 14.3. The molecule has 0 aromatic heterocycles. The van der Waals surface area contributed by atoms with Crippen LogP contribution in [0.25, 0.3) is 0 Å². The van der Waals surface area contributed by atoms with Crippen LogP contribution in [0.1, 0.15) is 309 Å². The SMILES string of the molecule is CCCCCCCCCCC/C=C/CC/C=C/C(O)C(COP(=O)([O-])OCC[N+](C)(C)C)NC(=O)CCCCCCCCCCCCCCCCCCC/C=C\CCCCCCCCCCCCCCCC. The number of allylic oxidation sites excluding steroid dienone is 5. The van der Waals surface area contributed by atoms with Crippen LogP contribution in [0.5, 0.6) is 0 Å². The summed E-state index contributed by atoms with van der Waals surface area (Å²) in [5.74, 6) is -0.203. The fourth-order valence-corrected chi connectivity index (χ4v) is 10.1. The van der Waals surface area contributed by atoms with E-state index in [1.165, 1.54) is 250 Å². The molecule has 8 nitrogen and oxygen atoms in total. The number of amides is 1. The van der Waals surface area contributed by atoms with Crippen molar-refractivity contribution in [2.75, 3.05) is 40.9 Å². The molecule has 0 heterocycles. The molecule has 0 fully saturated rings. The van der Waals surface area contributed by atoms with Crippen LogP contribution in [0.4, 0.5) is 0 Å². The van der Waals surface area contributed by atoms with E-state index >= 15 is 0 Å². The number of nitrogens with zero attached hydrogens (tertiary/aromatic N) is 1. The third-order valence-corrected chi connectivity index (χ3v) is 15.3. The van der Waals surface area contributed by atoms with Gasteiger partial charge in [0.15, 0.2) is 0 Å². The number of quaternary nitrogens is 1. The highest BCUT2D eigenvalue weighted by Crippen LogP contribution is 2.38. The second-order valence-electron chi connectivity index (χ2n) is 22.8. The molecule has 9 heteroatoms. The summed E-state index contributed by atoms with van der Waals surface area (Å²) in [6, 6.07) is -0.902. The summed E-state index contributed by atoms with van der Waals surface area (Å²) in [4.78, 5) is 25.5. The van der Waals surface area contributed by atoms with Gasteiger partial charge in [-0.15, -0.1) is 0 Å². The van der Waals surface area contributed by atoms with Gasteiger partial charge in [0.05, 0.1) is 39.9 Å². The van der Waals surface area contributed by atoms with Gasteiger partial charge in [0.25, 0.3) is 7.82 Å². The van der Waals surface area contributed by atoms with Gasteiger partial charge in [-0.05, 0) is 57.8 Å². The van der Waals surface area contributed by atoms with Gasteiger partial charge in [0.1, 0.15) is 13.2 Å². The van der Waals surface area contributed by atoms with E-state index in [0.717, 1.165) is 38.5 Å². The maximum atomic E-state index is 13.0. The van der Waals surface area contributed by atoms with Gasteiger partial charge in [-0.2, -0.15) is 0 Å². The second-order valence-corrected chi connectivity index (χ2v) is 24.2. The summed E-state index contributed by atoms with van der Waals surface area (Å²) < 4.78 is 23.3. The second kappa shape index (κ2) is 54.5. The molecule has 0 aliphatic heterocycles. The average Bonchev–Trinajstić information content (AvgIpc) is 3.34. The Morgan fingerprint density at radius 1 is 0.472 bits per heavy atom. The molecule has 72 heavy (non-hydrogen) atoms. The van der Waals surface area contributed by atoms with Gasteiger partial charge in [-0.25, -0.2) is 0 Å². The van der Waals surface area contributed by atoms with Gasteiger partial charge in [0, 0.05) is 6.42 Å². The summed E-state index contributed by atoms with van der Waals surface area (Å²) in [6.45, 7) is 4.66. The lowest BCUT2D eigenvalue weighted by molar-refractivity contribution is -0.870. The minimum atomic E-state index is -4.60. The van der Waals surface area contributed by atoms with Crippen LogP contribution in [0.2, 0.25) is 0 Å². The fourth-order valence-electron chi connectivity index (χ4n) is 9.40. The molecule has 0 spiro atoms. The Bertz CT molecular complexity index is 1270. The standard InChI is InChI=1S/C63H123N2O6P/c1-6-8-10-12-14-16-18-20-22-23-24-25-26-27-28-29-30-31-32-33-34-35-36-37-38-39-40-41-43-45-47-49-51-53-55-57-63(67)64-61(60-71-72(68,69)70-59-58-65(3,4)5)62(66)56-54-52-50-48-46-44-42-21-19-17-15-13-11-9-7-2/h29-30,46,48,54,56,61-62,66H,6-28,31-45,47,49-53,55,57-60H2,1-5H3,(H-,64,67,68,69)/b30-29-,48-46+,56-54+. The lowest BCUT2D eigenvalue weighted by Gasteiger charge is -2.29. The molecule has 3 atom stereocenters. The lowest BCUT2D eigenvalue weighted by atomic mass is 10.0. The molecule has 1 amide bonds. The number of nitrogens with one attached hydrogen (secondary N) is 1. The molecular weight excluding hydrogens is 912 g/mol. The number of hydrogen-bond donors (Lipinski definition) is 2. The molecule has 0 saturated carbocycles. The smallest absolute Gasteiger partial charge is 0.268 e. The Morgan fingerprint density at radius 3 is 1.12 bits per heavy atom. The van der Waals surface area contributed by atoms with Crippen LogP contribution < -0.4 is 10.2 Å². The van der Waals surface area contributed by atoms with Crippen molar-refractivity contribution in [1.29, 1.82) is 0 Å². The van der Waals surface area contributed by atoms with E-state index in [-0.39, 0.29) is 19.1 Å². The average molecular weight is 1040 g/mol. The number of unbranched alkanes of at least 4 members (excludes halogenated alkanes) is 41. The lowest BCUT2D eigenvalue weighted by Crippen LogP contribution is -2.45. The monoisotopic (exact) mass is 1030 g/mol. The quantitative estimate of drug-likeness (QED) is 0.0272. The molecule has 0 saturated heterocycles. The van der Waals surface area contributed by atoms with Crippen LogP contribution in [-0.4, -0.2) is 68.5 Å². The molecule has 0 bridgehead atoms. The Hall–Kier alpha value is -1.28. The number of carbonyl (C=O) groups excluding carboxylic acids is 1. The van der Waals surface area contributed by atoms with E-state index in [1.807, 2.05) is 27.2 Å². The minimum absolute atomic E-state index is 0.00505. The highest BCUT2D eigenvalue weighted by atomic mass is 31.2. The van der Waals surface area contributed by atoms with Crippen molar-refractivity contribution in [3.63, 3.8) is 0 Å². The molecule has 0 aliphatic carbocycles. The molecule has 0 aliphatic rings. The number of likely N-dealkylation sites (N-methyl/N-ethyl adjacent to an activating group) is 1. The topological polar surface area (TPSA) is 108 Å². The number of aliphatic hydroxyl groups excluding tert-OH is 1. The maximum absolute atomic E-state index is 13.0. The van der Waals surface area contributed by atoms with Crippen molar-refractivity contribution in [2.24, 2.45) is 0 Å². The zero-order valence-electron chi connectivity index (χ0n) is 48.6. The van der Waals surface area contributed by atoms with E-state index < -0.39 is 20.0 Å². The first-order valence-electron chi connectivity index (χ1n) is 31.4. The Labute approximate surface area is 448 Å². The predicted molar refractivity (Wildman–Crippen MR) is 311 cm³/mol. The first-order valence-corrected chi connectivity index (χ1v) is 32.8. The van der Waals surface area contributed by atoms with E-state index in [0.29, 0.717) is 17.4 Å². The number of carbonyl (C=O) groups is 1. The number of phosphoric ester groups is 1. The van der Waals surface area contributed by atoms with Crippen LogP contribution >= 0.6 is 7.82 Å². The maximum Gasteiger partial charge on any atom is 0.268 e. The summed E-state index contributed by atoms with van der Waals surface area (Å²) in [7, 11) is 1.25. The van der Waals surface area contributed by atoms with Crippen LogP contribution in [0, 0.1) is 0 Å². The molecule has 2 N–H and O–H groups in total. The first-order chi connectivity index (χ1) is 35.0. The van der Waals surface area contributed by atoms with Crippen molar-refractivity contribution < 1.29 is 32.9 Å². The molecule has 3 unspecified atom stereocenters. The van der Waals surface area contributed by atoms with E-state index in [2.05, 4.69) is 43.5 Å². The molecule has 426 valence electrons. The van der Waals surface area contributed by atoms with Gasteiger partial charge in [0.2, 0.25) is 5.91 Å². The van der Waals surface area contributed by atoms with Crippen molar-refractivity contribution in [3.8, 4) is 0 Å². The molecular formula is C63H123N2O6P. The molecule has 0 radical (unpaired) electrons. The first kappa shape index (κ1) is 70.7. The molecule has 0 rings (SSSR count). The summed E-state index contributed by atoms with van der Waals surface area (Å²) in [5, 5.41) is 13.9. The van der Waals surface area contributed by atoms with Crippen LogP contribution in [0.3, 0.4) is 0 Å². The van der Waals surface area contributed by atoms with Crippen molar-refractivity contribution in [3.05, 3.63) is 36.5 Å². The van der Waals surface area contributed by atoms with E-state index in [4.69, 9.17) is 9.05 Å². The highest BCUT2D eigenvalue weighted by Gasteiger charge is 2.23. The fraction of sp³-hybridized carbons (Fsp3) is 0.889. The van der Waals surface area contributed by atoms with Gasteiger partial charge < -0.3 is 28.8 Å². The van der Waals surface area contributed by atoms with Crippen molar-refractivity contribution >= 4 is 13.7 Å². The largest absolute Gasteiger partial charge is 0.756 e. The number of aliphatic hydroxyl groups is 1. The van der Waals surface area contributed by atoms with Gasteiger partial charge >= 0.3 is 0 Å². The molecule has 0 aromatic rings. The molecule has 0 aromatic carbocycles. The van der Waals surface area contributed by atoms with Crippen molar-refractivity contribution in [2.45, 2.75) is 321 Å². The van der Waals surface area contributed by atoms with Crippen molar-refractivity contribution in [1.82, 2.24) is 5.32 Å².